The van der Waals surface area contributed by atoms with E-state index in [1.165, 1.54) is 167 Å². The predicted octanol–water partition coefficient (Wildman–Crippen LogP) is 19.4. The number of rotatable bonds is 68. The summed E-state index contributed by atoms with van der Waals surface area (Å²) in [6.07, 6.45) is 47.5. The Balaban J connectivity index is 5.13. The van der Waals surface area contributed by atoms with Crippen LogP contribution in [0.3, 0.4) is 0 Å². The largest absolute Gasteiger partial charge is 0.472 e. The average molecular weight is 1280 g/mol. The third kappa shape index (κ3) is 62.6. The fraction of sp³-hybridized carbons (Fsp3) is 0.941. The summed E-state index contributed by atoms with van der Waals surface area (Å²) < 4.78 is 68.0. The number of carbonyl (C=O) groups excluding carboxylic acids is 4. The summed E-state index contributed by atoms with van der Waals surface area (Å²) >= 11 is 0. The highest BCUT2D eigenvalue weighted by atomic mass is 31.2. The van der Waals surface area contributed by atoms with Crippen molar-refractivity contribution in [3.05, 3.63) is 0 Å². The van der Waals surface area contributed by atoms with E-state index in [9.17, 15) is 43.2 Å². The minimum Gasteiger partial charge on any atom is -0.462 e. The maximum absolute atomic E-state index is 13.0. The highest BCUT2D eigenvalue weighted by Gasteiger charge is 2.30. The Hall–Kier alpha value is -1.94. The van der Waals surface area contributed by atoms with Crippen molar-refractivity contribution in [1.82, 2.24) is 0 Å². The van der Waals surface area contributed by atoms with Crippen LogP contribution in [0.1, 0.15) is 349 Å². The molecule has 0 radical (unpaired) electrons. The van der Waals surface area contributed by atoms with E-state index in [0.29, 0.717) is 25.7 Å². The summed E-state index contributed by atoms with van der Waals surface area (Å²) in [6, 6.07) is 0. The number of hydrogen-bond donors (Lipinski definition) is 3. The summed E-state index contributed by atoms with van der Waals surface area (Å²) in [5.74, 6) is -1.33. The van der Waals surface area contributed by atoms with Gasteiger partial charge < -0.3 is 33.8 Å². The van der Waals surface area contributed by atoms with E-state index in [0.717, 1.165) is 102 Å². The van der Waals surface area contributed by atoms with Crippen LogP contribution in [0, 0.1) is 5.92 Å². The van der Waals surface area contributed by atoms with Crippen LogP contribution in [-0.2, 0) is 65.4 Å². The van der Waals surface area contributed by atoms with Crippen molar-refractivity contribution in [1.29, 1.82) is 0 Å². The maximum Gasteiger partial charge on any atom is 0.472 e. The molecule has 0 aliphatic rings. The van der Waals surface area contributed by atoms with Crippen LogP contribution in [-0.4, -0.2) is 96.7 Å². The van der Waals surface area contributed by atoms with E-state index >= 15 is 0 Å². The molecule has 0 aromatic rings. The van der Waals surface area contributed by atoms with Gasteiger partial charge in [-0.3, -0.25) is 37.3 Å². The number of aliphatic hydroxyl groups is 1. The monoisotopic (exact) mass is 1280 g/mol. The van der Waals surface area contributed by atoms with Crippen molar-refractivity contribution < 1.29 is 80.2 Å². The van der Waals surface area contributed by atoms with Gasteiger partial charge in [0.1, 0.15) is 19.3 Å². The maximum atomic E-state index is 13.0. The van der Waals surface area contributed by atoms with E-state index < -0.39 is 97.5 Å². The second-order valence-corrected chi connectivity index (χ2v) is 27.9. The molecule has 0 amide bonds. The number of hydrogen-bond acceptors (Lipinski definition) is 15. The molecule has 0 aliphatic carbocycles. The highest BCUT2D eigenvalue weighted by molar-refractivity contribution is 7.47. The Kier molecular flexibility index (Phi) is 60.2. The molecule has 0 saturated heterocycles. The second-order valence-electron chi connectivity index (χ2n) is 25.0. The molecular formula is C68H132O17P2. The Morgan fingerprint density at radius 3 is 0.782 bits per heavy atom. The van der Waals surface area contributed by atoms with Crippen LogP contribution in [0.4, 0.5) is 0 Å². The summed E-state index contributed by atoms with van der Waals surface area (Å²) in [5, 5.41) is 10.5. The van der Waals surface area contributed by atoms with E-state index in [1.54, 1.807) is 0 Å². The van der Waals surface area contributed by atoms with E-state index in [1.807, 2.05) is 0 Å². The van der Waals surface area contributed by atoms with Gasteiger partial charge in [0.05, 0.1) is 26.4 Å². The number of unbranched alkanes of at least 4 members (excludes halogenated alkanes) is 40. The van der Waals surface area contributed by atoms with Crippen LogP contribution >= 0.6 is 15.6 Å². The third-order valence-electron chi connectivity index (χ3n) is 15.8. The molecule has 87 heavy (non-hydrogen) atoms. The lowest BCUT2D eigenvalue weighted by Gasteiger charge is -2.21. The first kappa shape index (κ1) is 85.1. The van der Waals surface area contributed by atoms with Gasteiger partial charge in [-0.2, -0.15) is 0 Å². The van der Waals surface area contributed by atoms with E-state index in [4.69, 9.17) is 37.0 Å². The Bertz CT molecular complexity index is 1690. The first-order chi connectivity index (χ1) is 42.0. The Morgan fingerprint density at radius 2 is 0.529 bits per heavy atom. The molecular weight excluding hydrogens is 1150 g/mol. The lowest BCUT2D eigenvalue weighted by molar-refractivity contribution is -0.161. The molecule has 0 rings (SSSR count). The van der Waals surface area contributed by atoms with E-state index in [-0.39, 0.29) is 25.7 Å². The smallest absolute Gasteiger partial charge is 0.462 e. The van der Waals surface area contributed by atoms with Crippen LogP contribution in [0.25, 0.3) is 0 Å². The summed E-state index contributed by atoms with van der Waals surface area (Å²) in [4.78, 5) is 72.1. The van der Waals surface area contributed by atoms with Crippen LogP contribution in [0.2, 0.25) is 0 Å². The molecule has 0 bridgehead atoms. The van der Waals surface area contributed by atoms with Crippen LogP contribution < -0.4 is 0 Å². The lowest BCUT2D eigenvalue weighted by Crippen LogP contribution is -2.30. The molecule has 0 heterocycles. The fourth-order valence-electron chi connectivity index (χ4n) is 10.3. The molecule has 0 aliphatic heterocycles. The van der Waals surface area contributed by atoms with Gasteiger partial charge in [0.15, 0.2) is 12.2 Å². The molecule has 516 valence electrons. The van der Waals surface area contributed by atoms with Crippen molar-refractivity contribution >= 4 is 39.5 Å². The third-order valence-corrected chi connectivity index (χ3v) is 17.7. The molecule has 3 N–H and O–H groups in total. The SMILES string of the molecule is CCCCCCCCCCCCCCC(=O)OC[C@H](COP(=O)(O)OC[C@@H](O)COP(=O)(O)OC[C@@H](COC(=O)CCCCCCC)OC(=O)CCCCCCCCCCCCC)OC(=O)CCCCCCCCCCCCCCCCCCC(C)C. The molecule has 5 atom stereocenters. The van der Waals surface area contributed by atoms with Gasteiger partial charge in [0, 0.05) is 25.7 Å². The van der Waals surface area contributed by atoms with Gasteiger partial charge in [0.25, 0.3) is 0 Å². The summed E-state index contributed by atoms with van der Waals surface area (Å²) in [7, 11) is -9.88. The molecule has 2 unspecified atom stereocenters. The summed E-state index contributed by atoms with van der Waals surface area (Å²) in [5.41, 5.74) is 0. The number of ether oxygens (including phenoxy) is 4. The normalized spacial score (nSPS) is 14.1. The van der Waals surface area contributed by atoms with Crippen molar-refractivity contribution in [3.8, 4) is 0 Å². The van der Waals surface area contributed by atoms with E-state index in [2.05, 4.69) is 34.6 Å². The van der Waals surface area contributed by atoms with Crippen molar-refractivity contribution in [3.63, 3.8) is 0 Å². The first-order valence-electron chi connectivity index (χ1n) is 35.6. The van der Waals surface area contributed by atoms with Crippen molar-refractivity contribution in [2.75, 3.05) is 39.6 Å². The zero-order valence-electron chi connectivity index (χ0n) is 56.2. The molecule has 0 aromatic heterocycles. The Morgan fingerprint density at radius 1 is 0.310 bits per heavy atom. The zero-order valence-corrected chi connectivity index (χ0v) is 57.9. The van der Waals surface area contributed by atoms with Crippen molar-refractivity contribution in [2.45, 2.75) is 368 Å². The lowest BCUT2D eigenvalue weighted by atomic mass is 10.0. The number of aliphatic hydroxyl groups excluding tert-OH is 1. The highest BCUT2D eigenvalue weighted by Crippen LogP contribution is 2.45. The minimum absolute atomic E-state index is 0.106. The van der Waals surface area contributed by atoms with Gasteiger partial charge in [0.2, 0.25) is 0 Å². The number of phosphoric ester groups is 2. The predicted molar refractivity (Wildman–Crippen MR) is 349 cm³/mol. The summed E-state index contributed by atoms with van der Waals surface area (Å²) in [6.45, 7) is 7.17. The Labute approximate surface area is 530 Å². The fourth-order valence-corrected chi connectivity index (χ4v) is 11.9. The molecule has 0 aromatic carbocycles. The quantitative estimate of drug-likeness (QED) is 0.0222. The van der Waals surface area contributed by atoms with Crippen molar-refractivity contribution in [2.24, 2.45) is 5.92 Å². The van der Waals surface area contributed by atoms with Gasteiger partial charge in [-0.15, -0.1) is 0 Å². The average Bonchev–Trinajstić information content (AvgIpc) is 3.69. The second kappa shape index (κ2) is 61.6. The number of esters is 4. The molecule has 0 saturated carbocycles. The minimum atomic E-state index is -4.95. The van der Waals surface area contributed by atoms with Gasteiger partial charge in [-0.05, 0) is 31.6 Å². The van der Waals surface area contributed by atoms with Gasteiger partial charge in [-0.1, -0.05) is 298 Å². The first-order valence-corrected chi connectivity index (χ1v) is 38.6. The van der Waals surface area contributed by atoms with Gasteiger partial charge in [-0.25, -0.2) is 9.13 Å². The molecule has 0 fully saturated rings. The number of phosphoric acid groups is 2. The molecule has 0 spiro atoms. The van der Waals surface area contributed by atoms with Crippen LogP contribution in [0.5, 0.6) is 0 Å². The van der Waals surface area contributed by atoms with Gasteiger partial charge >= 0.3 is 39.5 Å². The molecule has 17 nitrogen and oxygen atoms in total. The van der Waals surface area contributed by atoms with Crippen LogP contribution in [0.15, 0.2) is 0 Å². The standard InChI is InChI=1S/C68H132O17P2/c1-6-9-12-15-17-19-21-30-33-37-42-47-52-66(71)79-58-64(85-68(73)54-49-44-39-35-31-27-25-23-22-24-26-29-32-36-41-45-50-61(4)5)60-83-87(76,77)81-56-62(69)55-80-86(74,75)82-59-63(57-78-65(70)51-46-40-14-11-8-3)84-67(72)53-48-43-38-34-28-20-18-16-13-10-7-2/h61-64,69H,6-60H2,1-5H3,(H,74,75)(H,76,77)/t62-,63+,64+/m0/s1. The topological polar surface area (TPSA) is 237 Å². The zero-order chi connectivity index (χ0) is 64.2. The molecule has 19 heteroatoms. The number of carbonyl (C=O) groups is 4.